The Morgan fingerprint density at radius 2 is 2.00 bits per heavy atom. The van der Waals surface area contributed by atoms with Gasteiger partial charge in [-0.25, -0.2) is 0 Å². The highest BCUT2D eigenvalue weighted by molar-refractivity contribution is 8.00. The molecule has 1 rings (SSSR count). The summed E-state index contributed by atoms with van der Waals surface area (Å²) in [6.07, 6.45) is 0. The standard InChI is InChI=1S/C9H8ClF3S/c1-6(14-9(11,12)13)7-3-2-4-8(10)5-7/h2-6H,1H3. The Morgan fingerprint density at radius 1 is 1.36 bits per heavy atom. The average molecular weight is 241 g/mol. The summed E-state index contributed by atoms with van der Waals surface area (Å²) in [6.45, 7) is 1.50. The first-order valence-electron chi connectivity index (χ1n) is 3.88. The van der Waals surface area contributed by atoms with E-state index in [4.69, 9.17) is 11.6 Å². The zero-order valence-electron chi connectivity index (χ0n) is 7.31. The summed E-state index contributed by atoms with van der Waals surface area (Å²) < 4.78 is 36.1. The maximum absolute atomic E-state index is 12.0. The average Bonchev–Trinajstić information content (AvgIpc) is 2.01. The van der Waals surface area contributed by atoms with E-state index in [-0.39, 0.29) is 11.8 Å². The van der Waals surface area contributed by atoms with Crippen molar-refractivity contribution in [2.24, 2.45) is 0 Å². The van der Waals surface area contributed by atoms with E-state index in [1.807, 2.05) is 0 Å². The van der Waals surface area contributed by atoms with Crippen LogP contribution < -0.4 is 0 Å². The first-order chi connectivity index (χ1) is 6.38. The van der Waals surface area contributed by atoms with Crippen LogP contribution in [0.2, 0.25) is 5.02 Å². The van der Waals surface area contributed by atoms with Gasteiger partial charge in [-0.05, 0) is 36.4 Å². The fraction of sp³-hybridized carbons (Fsp3) is 0.333. The Balaban J connectivity index is 2.74. The van der Waals surface area contributed by atoms with Crippen molar-refractivity contribution in [3.8, 4) is 0 Å². The monoisotopic (exact) mass is 240 g/mol. The van der Waals surface area contributed by atoms with Crippen LogP contribution in [0.15, 0.2) is 24.3 Å². The number of thioether (sulfide) groups is 1. The van der Waals surface area contributed by atoms with Gasteiger partial charge in [0, 0.05) is 10.3 Å². The zero-order chi connectivity index (χ0) is 10.8. The maximum Gasteiger partial charge on any atom is 0.442 e. The zero-order valence-corrected chi connectivity index (χ0v) is 8.88. The summed E-state index contributed by atoms with van der Waals surface area (Å²) in [5.41, 5.74) is -3.62. The second-order valence-electron chi connectivity index (χ2n) is 2.76. The fourth-order valence-electron chi connectivity index (χ4n) is 1.03. The highest BCUT2D eigenvalue weighted by Gasteiger charge is 2.31. The smallest absolute Gasteiger partial charge is 0.160 e. The topological polar surface area (TPSA) is 0 Å². The van der Waals surface area contributed by atoms with E-state index in [0.717, 1.165) is 0 Å². The molecule has 1 aromatic carbocycles. The van der Waals surface area contributed by atoms with Crippen molar-refractivity contribution in [2.75, 3.05) is 0 Å². The summed E-state index contributed by atoms with van der Waals surface area (Å²) in [4.78, 5) is 0. The van der Waals surface area contributed by atoms with Crippen molar-refractivity contribution in [1.82, 2.24) is 0 Å². The molecule has 0 fully saturated rings. The summed E-state index contributed by atoms with van der Waals surface area (Å²) >= 11 is 5.63. The number of benzene rings is 1. The number of halogens is 4. The summed E-state index contributed by atoms with van der Waals surface area (Å²) in [6, 6.07) is 6.46. The fourth-order valence-corrected chi connectivity index (χ4v) is 1.91. The third-order valence-corrected chi connectivity index (χ3v) is 2.76. The Labute approximate surface area is 89.4 Å². The quantitative estimate of drug-likeness (QED) is 0.725. The molecule has 1 unspecified atom stereocenters. The Bertz CT molecular complexity index is 311. The van der Waals surface area contributed by atoms with Crippen molar-refractivity contribution in [3.63, 3.8) is 0 Å². The number of hydrogen-bond donors (Lipinski definition) is 0. The van der Waals surface area contributed by atoms with E-state index < -0.39 is 10.8 Å². The molecule has 0 N–H and O–H groups in total. The van der Waals surface area contributed by atoms with Crippen LogP contribution in [0.4, 0.5) is 13.2 Å². The Kier molecular flexibility index (Phi) is 3.72. The first kappa shape index (κ1) is 11.7. The molecule has 0 spiro atoms. The third-order valence-electron chi connectivity index (χ3n) is 1.63. The molecule has 5 heteroatoms. The van der Waals surface area contributed by atoms with Crippen LogP contribution in [0.25, 0.3) is 0 Å². The minimum absolute atomic E-state index is 0.0401. The SMILES string of the molecule is CC(SC(F)(F)F)c1cccc(Cl)c1. The van der Waals surface area contributed by atoms with Crippen LogP contribution >= 0.6 is 23.4 Å². The van der Waals surface area contributed by atoms with Crippen molar-refractivity contribution in [2.45, 2.75) is 17.7 Å². The van der Waals surface area contributed by atoms with E-state index in [2.05, 4.69) is 0 Å². The van der Waals surface area contributed by atoms with Gasteiger partial charge < -0.3 is 0 Å². The summed E-state index contributed by atoms with van der Waals surface area (Å²) in [5, 5.41) is -0.175. The van der Waals surface area contributed by atoms with Gasteiger partial charge in [0.2, 0.25) is 0 Å². The Morgan fingerprint density at radius 3 is 2.50 bits per heavy atom. The molecule has 78 valence electrons. The van der Waals surface area contributed by atoms with E-state index in [9.17, 15) is 13.2 Å². The van der Waals surface area contributed by atoms with Crippen molar-refractivity contribution in [1.29, 1.82) is 0 Å². The molecule has 0 aliphatic rings. The van der Waals surface area contributed by atoms with E-state index >= 15 is 0 Å². The molecule has 0 bridgehead atoms. The van der Waals surface area contributed by atoms with Crippen LogP contribution in [-0.2, 0) is 0 Å². The molecule has 0 aromatic heterocycles. The normalized spacial score (nSPS) is 14.1. The lowest BCUT2D eigenvalue weighted by atomic mass is 10.2. The van der Waals surface area contributed by atoms with Crippen LogP contribution in [0.3, 0.4) is 0 Å². The van der Waals surface area contributed by atoms with Crippen LogP contribution in [0.1, 0.15) is 17.7 Å². The molecule has 0 radical (unpaired) electrons. The molecule has 0 aliphatic heterocycles. The largest absolute Gasteiger partial charge is 0.442 e. The third kappa shape index (κ3) is 3.80. The number of alkyl halides is 3. The van der Waals surface area contributed by atoms with Gasteiger partial charge >= 0.3 is 5.51 Å². The van der Waals surface area contributed by atoms with Crippen LogP contribution in [0.5, 0.6) is 0 Å². The van der Waals surface area contributed by atoms with Crippen molar-refractivity contribution >= 4 is 23.4 Å². The maximum atomic E-state index is 12.0. The predicted molar refractivity (Wildman–Crippen MR) is 53.5 cm³/mol. The van der Waals surface area contributed by atoms with Gasteiger partial charge in [-0.1, -0.05) is 23.7 Å². The van der Waals surface area contributed by atoms with Gasteiger partial charge in [-0.2, -0.15) is 13.2 Å². The van der Waals surface area contributed by atoms with Crippen LogP contribution in [-0.4, -0.2) is 5.51 Å². The molecule has 0 amide bonds. The molecular formula is C9H8ClF3S. The molecule has 14 heavy (non-hydrogen) atoms. The molecule has 0 saturated heterocycles. The molecule has 0 nitrogen and oxygen atoms in total. The molecule has 0 saturated carbocycles. The van der Waals surface area contributed by atoms with E-state index in [1.165, 1.54) is 6.92 Å². The number of rotatable bonds is 2. The van der Waals surface area contributed by atoms with E-state index in [1.54, 1.807) is 24.3 Å². The molecule has 0 heterocycles. The minimum Gasteiger partial charge on any atom is -0.160 e. The molecule has 1 aromatic rings. The van der Waals surface area contributed by atoms with Gasteiger partial charge in [0.15, 0.2) is 0 Å². The van der Waals surface area contributed by atoms with Crippen molar-refractivity contribution < 1.29 is 13.2 Å². The van der Waals surface area contributed by atoms with Gasteiger partial charge in [0.25, 0.3) is 0 Å². The van der Waals surface area contributed by atoms with E-state index in [0.29, 0.717) is 10.6 Å². The van der Waals surface area contributed by atoms with Crippen molar-refractivity contribution in [3.05, 3.63) is 34.9 Å². The lowest BCUT2D eigenvalue weighted by Gasteiger charge is -2.13. The van der Waals surface area contributed by atoms with Gasteiger partial charge in [-0.3, -0.25) is 0 Å². The summed E-state index contributed by atoms with van der Waals surface area (Å²) in [7, 11) is 0. The highest BCUT2D eigenvalue weighted by Crippen LogP contribution is 2.41. The van der Waals surface area contributed by atoms with Crippen LogP contribution in [0, 0.1) is 0 Å². The lowest BCUT2D eigenvalue weighted by molar-refractivity contribution is -0.0333. The van der Waals surface area contributed by atoms with Gasteiger partial charge in [0.1, 0.15) is 0 Å². The molecule has 0 aliphatic carbocycles. The molecule has 1 atom stereocenters. The second-order valence-corrected chi connectivity index (χ2v) is 4.60. The van der Waals surface area contributed by atoms with Gasteiger partial charge in [-0.15, -0.1) is 0 Å². The van der Waals surface area contributed by atoms with Gasteiger partial charge in [0.05, 0.1) is 0 Å². The molecular weight excluding hydrogens is 233 g/mol. The predicted octanol–water partition coefficient (Wildman–Crippen LogP) is 4.65. The second kappa shape index (κ2) is 4.45. The lowest BCUT2D eigenvalue weighted by Crippen LogP contribution is -2.03. The first-order valence-corrected chi connectivity index (χ1v) is 5.14. The Hall–Kier alpha value is -0.350. The minimum atomic E-state index is -4.21. The highest BCUT2D eigenvalue weighted by atomic mass is 35.5. The number of hydrogen-bond acceptors (Lipinski definition) is 1. The summed E-state index contributed by atoms with van der Waals surface area (Å²) in [5.74, 6) is 0.